The van der Waals surface area contributed by atoms with Crippen LogP contribution in [-0.2, 0) is 30.8 Å². The topological polar surface area (TPSA) is 198 Å². The van der Waals surface area contributed by atoms with Crippen molar-refractivity contribution in [2.75, 3.05) is 46.5 Å². The third-order valence-electron chi connectivity index (χ3n) is 8.11. The molecule has 266 valence electrons. The number of rotatable bonds is 22. The highest BCUT2D eigenvalue weighted by molar-refractivity contribution is 7.89. The van der Waals surface area contributed by atoms with E-state index in [1.165, 1.54) is 16.4 Å². The van der Waals surface area contributed by atoms with Crippen LogP contribution < -0.4 is 10.3 Å². The summed E-state index contributed by atoms with van der Waals surface area (Å²) in [4.78, 5) is 49.1. The van der Waals surface area contributed by atoms with Crippen LogP contribution in [0.25, 0.3) is 11.4 Å². The van der Waals surface area contributed by atoms with E-state index in [9.17, 15) is 28.1 Å². The van der Waals surface area contributed by atoms with E-state index in [-0.39, 0.29) is 66.7 Å². The monoisotopic (exact) mass is 692 g/mol. The first-order valence-electron chi connectivity index (χ1n) is 16.5. The lowest BCUT2D eigenvalue weighted by atomic mass is 10.0. The quantitative estimate of drug-likeness (QED) is 0.0595. The van der Waals surface area contributed by atoms with Crippen molar-refractivity contribution < 1.29 is 32.6 Å². The molecule has 3 rings (SSSR count). The number of sulfonamides is 1. The minimum absolute atomic E-state index is 0.00191. The fourth-order valence-corrected chi connectivity index (χ4v) is 6.79. The number of benzene rings is 1. The zero-order valence-electron chi connectivity index (χ0n) is 28.3. The van der Waals surface area contributed by atoms with E-state index >= 15 is 0 Å². The number of ether oxygens (including phenoxy) is 2. The molecule has 0 spiro atoms. The summed E-state index contributed by atoms with van der Waals surface area (Å²) in [5.74, 6) is 0.160. The maximum Gasteiger partial charge on any atom is 0.305 e. The molecule has 0 atom stereocenters. The minimum atomic E-state index is -3.89. The number of hydrogen-bond acceptors (Lipinski definition) is 12. The van der Waals surface area contributed by atoms with Crippen LogP contribution in [0.5, 0.6) is 5.75 Å². The van der Waals surface area contributed by atoms with Crippen molar-refractivity contribution >= 4 is 21.7 Å². The SMILES string of the molecule is CCCCc1c(C(=N)CCC)nc(-c2cc(S(=O)(=O)N3CC(N(C)CCOC(=O)CCCCCO[N+](=O)[O-])C3)ccc2OCC)[nH]c1=O. The number of hydrogen-bond donors (Lipinski definition) is 2. The molecule has 2 heterocycles. The highest BCUT2D eigenvalue weighted by Crippen LogP contribution is 2.33. The van der Waals surface area contributed by atoms with Crippen molar-refractivity contribution in [1.82, 2.24) is 19.2 Å². The number of likely N-dealkylation sites (N-methyl/N-ethyl adjacent to an activating group) is 1. The molecule has 0 radical (unpaired) electrons. The second kappa shape index (κ2) is 18.6. The molecule has 1 aliphatic rings. The van der Waals surface area contributed by atoms with E-state index < -0.39 is 15.1 Å². The van der Waals surface area contributed by atoms with E-state index in [4.69, 9.17) is 19.9 Å². The van der Waals surface area contributed by atoms with Crippen molar-refractivity contribution in [2.45, 2.75) is 89.5 Å². The van der Waals surface area contributed by atoms with Gasteiger partial charge >= 0.3 is 5.97 Å². The van der Waals surface area contributed by atoms with E-state index in [0.29, 0.717) is 67.8 Å². The van der Waals surface area contributed by atoms with Gasteiger partial charge < -0.3 is 24.7 Å². The largest absolute Gasteiger partial charge is 0.493 e. The molecule has 0 saturated carbocycles. The van der Waals surface area contributed by atoms with Gasteiger partial charge in [-0.3, -0.25) is 14.5 Å². The fourth-order valence-electron chi connectivity index (χ4n) is 5.25. The molecule has 16 heteroatoms. The molecule has 1 aliphatic heterocycles. The number of nitrogens with zero attached hydrogens (tertiary/aromatic N) is 4. The summed E-state index contributed by atoms with van der Waals surface area (Å²) in [6, 6.07) is 4.43. The molecule has 0 unspecified atom stereocenters. The van der Waals surface area contributed by atoms with Gasteiger partial charge in [0.15, 0.2) is 0 Å². The molecular formula is C32H48N6O9S. The van der Waals surface area contributed by atoms with Crippen LogP contribution >= 0.6 is 0 Å². The van der Waals surface area contributed by atoms with Crippen LogP contribution in [0.4, 0.5) is 0 Å². The van der Waals surface area contributed by atoms with Crippen LogP contribution in [0.3, 0.4) is 0 Å². The van der Waals surface area contributed by atoms with Gasteiger partial charge in [0, 0.05) is 37.7 Å². The van der Waals surface area contributed by atoms with E-state index in [1.54, 1.807) is 13.0 Å². The van der Waals surface area contributed by atoms with Crippen LogP contribution in [-0.4, -0.2) is 96.9 Å². The van der Waals surface area contributed by atoms with Crippen molar-refractivity contribution in [3.8, 4) is 17.1 Å². The Hall–Kier alpha value is -3.89. The first-order chi connectivity index (χ1) is 22.9. The normalized spacial score (nSPS) is 13.7. The summed E-state index contributed by atoms with van der Waals surface area (Å²) in [6.45, 7) is 7.19. The van der Waals surface area contributed by atoms with Crippen molar-refractivity contribution in [3.63, 3.8) is 0 Å². The molecule has 0 aliphatic carbocycles. The number of aromatic nitrogens is 2. The summed E-state index contributed by atoms with van der Waals surface area (Å²) in [6.07, 6.45) is 5.16. The molecule has 2 aromatic rings. The average Bonchev–Trinajstić information content (AvgIpc) is 3.01. The molecule has 1 saturated heterocycles. The summed E-state index contributed by atoms with van der Waals surface area (Å²) in [7, 11) is -2.05. The third kappa shape index (κ3) is 10.6. The Kier molecular flexibility index (Phi) is 14.9. The highest BCUT2D eigenvalue weighted by atomic mass is 32.2. The highest BCUT2D eigenvalue weighted by Gasteiger charge is 2.39. The Bertz CT molecular complexity index is 1570. The number of carbonyl (C=O) groups is 1. The Morgan fingerprint density at radius 3 is 2.54 bits per heavy atom. The molecule has 1 aromatic carbocycles. The summed E-state index contributed by atoms with van der Waals surface area (Å²) >= 11 is 0. The molecule has 15 nitrogen and oxygen atoms in total. The zero-order valence-corrected chi connectivity index (χ0v) is 29.1. The predicted octanol–water partition coefficient (Wildman–Crippen LogP) is 3.96. The third-order valence-corrected chi connectivity index (χ3v) is 9.93. The Morgan fingerprint density at radius 2 is 1.88 bits per heavy atom. The number of nitrogens with one attached hydrogen (secondary N) is 2. The van der Waals surface area contributed by atoms with Crippen molar-refractivity contribution in [3.05, 3.63) is 49.9 Å². The van der Waals surface area contributed by atoms with Gasteiger partial charge in [0.1, 0.15) is 18.2 Å². The van der Waals surface area contributed by atoms with Crippen LogP contribution in [0, 0.1) is 15.5 Å². The summed E-state index contributed by atoms with van der Waals surface area (Å²) in [5, 5.41) is 17.9. The molecule has 2 N–H and O–H groups in total. The Morgan fingerprint density at radius 1 is 1.12 bits per heavy atom. The smallest absolute Gasteiger partial charge is 0.305 e. The van der Waals surface area contributed by atoms with Crippen LogP contribution in [0.1, 0.15) is 83.4 Å². The molecular weight excluding hydrogens is 644 g/mol. The van der Waals surface area contributed by atoms with Crippen LogP contribution in [0.2, 0.25) is 0 Å². The first-order valence-corrected chi connectivity index (χ1v) is 18.0. The Labute approximate surface area is 281 Å². The lowest BCUT2D eigenvalue weighted by molar-refractivity contribution is -0.757. The van der Waals surface area contributed by atoms with E-state index in [0.717, 1.165) is 19.3 Å². The van der Waals surface area contributed by atoms with Gasteiger partial charge in [-0.2, -0.15) is 4.31 Å². The van der Waals surface area contributed by atoms with E-state index in [1.807, 2.05) is 25.8 Å². The van der Waals surface area contributed by atoms with Gasteiger partial charge in [-0.1, -0.05) is 33.1 Å². The average molecular weight is 693 g/mol. The molecule has 1 aromatic heterocycles. The lowest BCUT2D eigenvalue weighted by Crippen LogP contribution is -2.60. The second-order valence-electron chi connectivity index (χ2n) is 11.7. The fraction of sp³-hybridized carbons (Fsp3) is 0.625. The van der Waals surface area contributed by atoms with Gasteiger partial charge in [0.05, 0.1) is 35.1 Å². The number of unbranched alkanes of at least 4 members (excludes halogenated alkanes) is 3. The van der Waals surface area contributed by atoms with E-state index in [2.05, 4.69) is 9.82 Å². The maximum absolute atomic E-state index is 13.7. The number of aromatic amines is 1. The zero-order chi connectivity index (χ0) is 35.3. The number of esters is 1. The second-order valence-corrected chi connectivity index (χ2v) is 13.6. The predicted molar refractivity (Wildman–Crippen MR) is 179 cm³/mol. The van der Waals surface area contributed by atoms with Gasteiger partial charge in [-0.05, 0) is 64.3 Å². The van der Waals surface area contributed by atoms with Gasteiger partial charge in [0.2, 0.25) is 10.0 Å². The van der Waals surface area contributed by atoms with Gasteiger partial charge in [0.25, 0.3) is 10.6 Å². The van der Waals surface area contributed by atoms with Gasteiger partial charge in [-0.25, -0.2) is 13.4 Å². The van der Waals surface area contributed by atoms with Gasteiger partial charge in [-0.15, -0.1) is 10.1 Å². The maximum atomic E-state index is 13.7. The Balaban J connectivity index is 1.66. The molecule has 1 fully saturated rings. The summed E-state index contributed by atoms with van der Waals surface area (Å²) in [5.41, 5.74) is 1.04. The summed E-state index contributed by atoms with van der Waals surface area (Å²) < 4.78 is 39.8. The van der Waals surface area contributed by atoms with Crippen LogP contribution in [0.15, 0.2) is 27.9 Å². The molecule has 0 bridgehead atoms. The standard InChI is InChI=1S/C32H48N6O9S/c1-5-8-13-25-30(27(33)12-6-2)34-31(35-32(25)40)26-20-24(15-16-28(26)45-7-3)48(43,44)37-21-23(22-37)36(4)17-19-46-29(39)14-10-9-11-18-47-38(41)42/h15-16,20,23,33H,5-14,17-19,21-22H2,1-4H3,(H,34,35,40). The lowest BCUT2D eigenvalue weighted by Gasteiger charge is -2.42. The number of carbonyl (C=O) groups excluding carboxylic acids is 1. The molecule has 48 heavy (non-hydrogen) atoms. The van der Waals surface area contributed by atoms with Crippen molar-refractivity contribution in [2.24, 2.45) is 0 Å². The van der Waals surface area contributed by atoms with Crippen molar-refractivity contribution in [1.29, 1.82) is 5.41 Å². The minimum Gasteiger partial charge on any atom is -0.493 e. The first kappa shape index (κ1) is 38.6. The number of H-pyrrole nitrogens is 1. The molecule has 0 amide bonds.